The van der Waals surface area contributed by atoms with Crippen LogP contribution < -0.4 is 15.4 Å². The van der Waals surface area contributed by atoms with Crippen LogP contribution in [0.15, 0.2) is 48.5 Å². The number of rotatable bonds is 7. The molecule has 2 aromatic carbocycles. The number of nitrogens with one attached hydrogen (secondary N) is 2. The third-order valence-corrected chi connectivity index (χ3v) is 6.58. The van der Waals surface area contributed by atoms with Gasteiger partial charge in [0.05, 0.1) is 13.5 Å². The van der Waals surface area contributed by atoms with Crippen molar-refractivity contribution in [2.45, 2.75) is 38.6 Å². The molecule has 1 aliphatic carbocycles. The summed E-state index contributed by atoms with van der Waals surface area (Å²) >= 11 is 0. The molecule has 0 bridgehead atoms. The van der Waals surface area contributed by atoms with Crippen molar-refractivity contribution in [3.8, 4) is 5.75 Å². The van der Waals surface area contributed by atoms with Gasteiger partial charge in [-0.1, -0.05) is 25.1 Å². The fourth-order valence-electron chi connectivity index (χ4n) is 4.29. The van der Waals surface area contributed by atoms with E-state index < -0.39 is 0 Å². The summed E-state index contributed by atoms with van der Waals surface area (Å²) < 4.78 is 5.34. The molecule has 1 saturated heterocycles. The average Bonchev–Trinajstić information content (AvgIpc) is 3.57. The van der Waals surface area contributed by atoms with Gasteiger partial charge in [0.2, 0.25) is 11.8 Å². The van der Waals surface area contributed by atoms with Crippen LogP contribution in [0.5, 0.6) is 5.75 Å². The Morgan fingerprint density at radius 2 is 1.70 bits per heavy atom. The van der Waals surface area contributed by atoms with Gasteiger partial charge in [-0.25, -0.2) is 0 Å². The lowest BCUT2D eigenvalue weighted by atomic mass is 10.0. The summed E-state index contributed by atoms with van der Waals surface area (Å²) in [7, 11) is 1.61. The Labute approximate surface area is 194 Å². The number of ether oxygens (including phenoxy) is 1. The highest BCUT2D eigenvalue weighted by Gasteiger charge is 2.39. The van der Waals surface area contributed by atoms with E-state index in [1.807, 2.05) is 29.2 Å². The predicted octanol–water partition coefficient (Wildman–Crippen LogP) is 3.25. The lowest BCUT2D eigenvalue weighted by Crippen LogP contribution is -2.47. The second-order valence-electron chi connectivity index (χ2n) is 9.00. The molecule has 0 aromatic heterocycles. The molecular formula is C26H31N3O4. The molecule has 0 spiro atoms. The summed E-state index contributed by atoms with van der Waals surface area (Å²) in [5.74, 6) is 1.27. The number of nitrogens with zero attached hydrogens (tertiary/aromatic N) is 1. The molecule has 3 amide bonds. The molecule has 2 fully saturated rings. The minimum absolute atomic E-state index is 0.0311. The number of para-hydroxylation sites is 1. The van der Waals surface area contributed by atoms with Crippen molar-refractivity contribution in [3.05, 3.63) is 59.7 Å². The van der Waals surface area contributed by atoms with Crippen molar-refractivity contribution in [3.63, 3.8) is 0 Å². The number of carbonyl (C=O) groups is 3. The fraction of sp³-hybridized carbons (Fsp3) is 0.423. The predicted molar refractivity (Wildman–Crippen MR) is 126 cm³/mol. The van der Waals surface area contributed by atoms with Crippen LogP contribution in [-0.2, 0) is 16.0 Å². The first-order valence-electron chi connectivity index (χ1n) is 11.6. The Morgan fingerprint density at radius 3 is 2.33 bits per heavy atom. The standard InChI is InChI=1S/C26H31N3O4/c1-17-15-22(17)26(32)28-20-9-7-18(8-10-20)25(31)27-21-11-13-29(14-12-21)24(30)16-19-5-3-4-6-23(19)33-2/h3-10,17,21-22H,11-16H2,1-2H3,(H,27,31)(H,28,32). The van der Waals surface area contributed by atoms with Crippen molar-refractivity contribution in [1.29, 1.82) is 0 Å². The molecule has 2 unspecified atom stereocenters. The second kappa shape index (κ2) is 10.1. The Balaban J connectivity index is 1.23. The molecule has 2 aromatic rings. The normalized spacial score (nSPS) is 20.1. The Kier molecular flexibility index (Phi) is 6.96. The molecule has 0 radical (unpaired) electrons. The first-order valence-corrected chi connectivity index (χ1v) is 11.6. The minimum atomic E-state index is -0.137. The third-order valence-electron chi connectivity index (χ3n) is 6.58. The maximum Gasteiger partial charge on any atom is 0.251 e. The monoisotopic (exact) mass is 449 g/mol. The van der Waals surface area contributed by atoms with Crippen molar-refractivity contribution in [2.24, 2.45) is 11.8 Å². The molecule has 1 aliphatic heterocycles. The molecule has 1 saturated carbocycles. The highest BCUT2D eigenvalue weighted by molar-refractivity contribution is 5.97. The number of methoxy groups -OCH3 is 1. The van der Waals surface area contributed by atoms with Crippen LogP contribution in [0.3, 0.4) is 0 Å². The van der Waals surface area contributed by atoms with Gasteiger partial charge in [-0.2, -0.15) is 0 Å². The molecular weight excluding hydrogens is 418 g/mol. The largest absolute Gasteiger partial charge is 0.496 e. The molecule has 1 heterocycles. The van der Waals surface area contributed by atoms with Gasteiger partial charge < -0.3 is 20.3 Å². The van der Waals surface area contributed by atoms with Crippen LogP contribution in [-0.4, -0.2) is 48.9 Å². The minimum Gasteiger partial charge on any atom is -0.496 e. The summed E-state index contributed by atoms with van der Waals surface area (Å²) in [5.41, 5.74) is 2.15. The first kappa shape index (κ1) is 22.8. The smallest absolute Gasteiger partial charge is 0.251 e. The quantitative estimate of drug-likeness (QED) is 0.679. The number of benzene rings is 2. The van der Waals surface area contributed by atoms with Crippen molar-refractivity contribution < 1.29 is 19.1 Å². The zero-order chi connectivity index (χ0) is 23.4. The van der Waals surface area contributed by atoms with Gasteiger partial charge in [0.1, 0.15) is 5.75 Å². The van der Waals surface area contributed by atoms with Crippen LogP contribution >= 0.6 is 0 Å². The van der Waals surface area contributed by atoms with E-state index in [2.05, 4.69) is 17.6 Å². The van der Waals surface area contributed by atoms with Gasteiger partial charge in [-0.05, 0) is 55.5 Å². The summed E-state index contributed by atoms with van der Waals surface area (Å²) in [6.45, 7) is 3.30. The molecule has 2 N–H and O–H groups in total. The SMILES string of the molecule is COc1ccccc1CC(=O)N1CCC(NC(=O)c2ccc(NC(=O)C3CC3C)cc2)CC1. The topological polar surface area (TPSA) is 87.7 Å². The van der Waals surface area contributed by atoms with Gasteiger partial charge in [0, 0.05) is 41.9 Å². The van der Waals surface area contributed by atoms with E-state index >= 15 is 0 Å². The fourth-order valence-corrected chi connectivity index (χ4v) is 4.29. The van der Waals surface area contributed by atoms with Crippen LogP contribution in [0.1, 0.15) is 42.1 Å². The summed E-state index contributed by atoms with van der Waals surface area (Å²) in [5, 5.41) is 5.98. The van der Waals surface area contributed by atoms with E-state index in [9.17, 15) is 14.4 Å². The van der Waals surface area contributed by atoms with Gasteiger partial charge in [0.25, 0.3) is 5.91 Å². The lowest BCUT2D eigenvalue weighted by molar-refractivity contribution is -0.131. The number of hydrogen-bond donors (Lipinski definition) is 2. The number of hydrogen-bond acceptors (Lipinski definition) is 4. The van der Waals surface area contributed by atoms with Crippen LogP contribution in [0, 0.1) is 11.8 Å². The number of carbonyl (C=O) groups excluding carboxylic acids is 3. The number of anilines is 1. The average molecular weight is 450 g/mol. The maximum absolute atomic E-state index is 12.7. The molecule has 7 heteroatoms. The molecule has 7 nitrogen and oxygen atoms in total. The van der Waals surface area contributed by atoms with Crippen LogP contribution in [0.4, 0.5) is 5.69 Å². The molecule has 2 aliphatic rings. The van der Waals surface area contributed by atoms with Gasteiger partial charge in [-0.3, -0.25) is 14.4 Å². The zero-order valence-electron chi connectivity index (χ0n) is 19.2. The molecule has 4 rings (SSSR count). The highest BCUT2D eigenvalue weighted by Crippen LogP contribution is 2.38. The van der Waals surface area contributed by atoms with E-state index in [1.165, 1.54) is 0 Å². The maximum atomic E-state index is 12.7. The van der Waals surface area contributed by atoms with E-state index in [1.54, 1.807) is 31.4 Å². The van der Waals surface area contributed by atoms with E-state index in [0.29, 0.717) is 36.7 Å². The lowest BCUT2D eigenvalue weighted by Gasteiger charge is -2.32. The molecule has 33 heavy (non-hydrogen) atoms. The van der Waals surface area contributed by atoms with Gasteiger partial charge >= 0.3 is 0 Å². The molecule has 2 atom stereocenters. The summed E-state index contributed by atoms with van der Waals surface area (Å²) in [6.07, 6.45) is 2.69. The number of piperidine rings is 1. The first-order chi connectivity index (χ1) is 15.9. The molecule has 174 valence electrons. The van der Waals surface area contributed by atoms with Gasteiger partial charge in [-0.15, -0.1) is 0 Å². The van der Waals surface area contributed by atoms with Crippen LogP contribution in [0.25, 0.3) is 0 Å². The second-order valence-corrected chi connectivity index (χ2v) is 9.00. The van der Waals surface area contributed by atoms with Crippen molar-refractivity contribution in [1.82, 2.24) is 10.2 Å². The number of likely N-dealkylation sites (tertiary alicyclic amines) is 1. The Bertz CT molecular complexity index is 1010. The van der Waals surface area contributed by atoms with E-state index in [0.717, 1.165) is 30.6 Å². The Hall–Kier alpha value is -3.35. The van der Waals surface area contributed by atoms with Gasteiger partial charge in [0.15, 0.2) is 0 Å². The third kappa shape index (κ3) is 5.72. The summed E-state index contributed by atoms with van der Waals surface area (Å²) in [6, 6.07) is 14.6. The zero-order valence-corrected chi connectivity index (χ0v) is 19.2. The van der Waals surface area contributed by atoms with E-state index in [-0.39, 0.29) is 29.7 Å². The van der Waals surface area contributed by atoms with Crippen molar-refractivity contribution >= 4 is 23.4 Å². The van der Waals surface area contributed by atoms with Crippen molar-refractivity contribution in [2.75, 3.05) is 25.5 Å². The Morgan fingerprint density at radius 1 is 1.03 bits per heavy atom. The number of amides is 3. The van der Waals surface area contributed by atoms with Crippen LogP contribution in [0.2, 0.25) is 0 Å². The van der Waals surface area contributed by atoms with E-state index in [4.69, 9.17) is 4.74 Å². The summed E-state index contributed by atoms with van der Waals surface area (Å²) in [4.78, 5) is 39.3. The highest BCUT2D eigenvalue weighted by atomic mass is 16.5.